The van der Waals surface area contributed by atoms with Crippen molar-refractivity contribution in [3.63, 3.8) is 0 Å². The average Bonchev–Trinajstić information content (AvgIpc) is 2.25. The summed E-state index contributed by atoms with van der Waals surface area (Å²) in [5, 5.41) is 0. The van der Waals surface area contributed by atoms with Crippen molar-refractivity contribution >= 4 is 15.9 Å². The van der Waals surface area contributed by atoms with E-state index in [-0.39, 0.29) is 11.6 Å². The lowest BCUT2D eigenvalue weighted by molar-refractivity contribution is 0.438. The summed E-state index contributed by atoms with van der Waals surface area (Å²) in [4.78, 5) is 3.94. The highest BCUT2D eigenvalue weighted by Crippen LogP contribution is 2.26. The SMILES string of the molecule is Cc1cccc(Oc2cncc(Br)c2)c1F. The Morgan fingerprint density at radius 2 is 2.12 bits per heavy atom. The van der Waals surface area contributed by atoms with Gasteiger partial charge in [0.2, 0.25) is 0 Å². The maximum absolute atomic E-state index is 13.6. The largest absolute Gasteiger partial charge is 0.453 e. The Morgan fingerprint density at radius 3 is 2.88 bits per heavy atom. The predicted octanol–water partition coefficient (Wildman–Crippen LogP) is 4.08. The lowest BCUT2D eigenvalue weighted by atomic mass is 10.2. The van der Waals surface area contributed by atoms with E-state index in [4.69, 9.17) is 4.74 Å². The van der Waals surface area contributed by atoms with Crippen LogP contribution in [0.5, 0.6) is 11.5 Å². The molecule has 0 spiro atoms. The van der Waals surface area contributed by atoms with Gasteiger partial charge in [-0.2, -0.15) is 0 Å². The van der Waals surface area contributed by atoms with Crippen LogP contribution in [0.2, 0.25) is 0 Å². The Balaban J connectivity index is 2.31. The van der Waals surface area contributed by atoms with Gasteiger partial charge < -0.3 is 4.74 Å². The Labute approximate surface area is 101 Å². The molecule has 0 aliphatic heterocycles. The van der Waals surface area contributed by atoms with Crippen LogP contribution in [0.25, 0.3) is 0 Å². The Kier molecular flexibility index (Phi) is 3.19. The quantitative estimate of drug-likeness (QED) is 0.827. The van der Waals surface area contributed by atoms with Crippen molar-refractivity contribution in [3.05, 3.63) is 52.5 Å². The molecular weight excluding hydrogens is 273 g/mol. The van der Waals surface area contributed by atoms with E-state index in [2.05, 4.69) is 20.9 Å². The predicted molar refractivity (Wildman–Crippen MR) is 63.1 cm³/mol. The fraction of sp³-hybridized carbons (Fsp3) is 0.0833. The van der Waals surface area contributed by atoms with E-state index in [0.29, 0.717) is 11.3 Å². The van der Waals surface area contributed by atoms with Crippen molar-refractivity contribution in [2.75, 3.05) is 0 Å². The lowest BCUT2D eigenvalue weighted by Gasteiger charge is -2.07. The molecule has 0 aliphatic carbocycles. The molecule has 0 radical (unpaired) electrons. The monoisotopic (exact) mass is 281 g/mol. The second-order valence-corrected chi connectivity index (χ2v) is 4.24. The number of hydrogen-bond donors (Lipinski definition) is 0. The molecule has 1 aromatic carbocycles. The molecule has 4 heteroatoms. The van der Waals surface area contributed by atoms with E-state index >= 15 is 0 Å². The normalized spacial score (nSPS) is 10.2. The number of benzene rings is 1. The Morgan fingerprint density at radius 1 is 1.31 bits per heavy atom. The topological polar surface area (TPSA) is 22.1 Å². The molecule has 2 nitrogen and oxygen atoms in total. The first-order valence-electron chi connectivity index (χ1n) is 4.70. The minimum Gasteiger partial charge on any atom is -0.453 e. The second-order valence-electron chi connectivity index (χ2n) is 3.33. The van der Waals surface area contributed by atoms with Crippen LogP contribution in [0.4, 0.5) is 4.39 Å². The molecule has 0 atom stereocenters. The molecule has 0 N–H and O–H groups in total. The van der Waals surface area contributed by atoms with E-state index in [0.717, 1.165) is 4.47 Å². The van der Waals surface area contributed by atoms with Crippen LogP contribution in [0.1, 0.15) is 5.56 Å². The van der Waals surface area contributed by atoms with Crippen molar-refractivity contribution in [1.29, 1.82) is 0 Å². The molecule has 2 aromatic rings. The van der Waals surface area contributed by atoms with Gasteiger partial charge in [-0.3, -0.25) is 4.98 Å². The molecule has 0 bridgehead atoms. The highest BCUT2D eigenvalue weighted by Gasteiger charge is 2.07. The third kappa shape index (κ3) is 2.39. The average molecular weight is 282 g/mol. The fourth-order valence-corrected chi connectivity index (χ4v) is 1.62. The number of halogens is 2. The highest BCUT2D eigenvalue weighted by molar-refractivity contribution is 9.10. The first-order valence-corrected chi connectivity index (χ1v) is 5.49. The van der Waals surface area contributed by atoms with E-state index < -0.39 is 0 Å². The van der Waals surface area contributed by atoms with Crippen LogP contribution >= 0.6 is 15.9 Å². The van der Waals surface area contributed by atoms with Crippen molar-refractivity contribution in [1.82, 2.24) is 4.98 Å². The minimum atomic E-state index is -0.345. The third-order valence-corrected chi connectivity index (χ3v) is 2.50. The zero-order valence-electron chi connectivity index (χ0n) is 8.58. The van der Waals surface area contributed by atoms with Crippen LogP contribution in [0, 0.1) is 12.7 Å². The van der Waals surface area contributed by atoms with Crippen LogP contribution in [-0.4, -0.2) is 4.98 Å². The second kappa shape index (κ2) is 4.61. The number of nitrogens with zero attached hydrogens (tertiary/aromatic N) is 1. The summed E-state index contributed by atoms with van der Waals surface area (Å²) in [5.74, 6) is 0.362. The zero-order valence-corrected chi connectivity index (χ0v) is 10.2. The molecule has 16 heavy (non-hydrogen) atoms. The molecule has 1 heterocycles. The van der Waals surface area contributed by atoms with Crippen LogP contribution in [0.3, 0.4) is 0 Å². The van der Waals surface area contributed by atoms with Crippen LogP contribution in [0.15, 0.2) is 41.1 Å². The summed E-state index contributed by atoms with van der Waals surface area (Å²) < 4.78 is 19.8. The van der Waals surface area contributed by atoms with Gasteiger partial charge in [-0.1, -0.05) is 12.1 Å². The summed E-state index contributed by atoms with van der Waals surface area (Å²) in [6.07, 6.45) is 3.17. The third-order valence-electron chi connectivity index (χ3n) is 2.06. The van der Waals surface area contributed by atoms with Gasteiger partial charge in [0.1, 0.15) is 5.75 Å². The van der Waals surface area contributed by atoms with Gasteiger partial charge in [0.05, 0.1) is 6.20 Å². The summed E-state index contributed by atoms with van der Waals surface area (Å²) >= 11 is 3.27. The number of ether oxygens (including phenoxy) is 1. The molecule has 0 amide bonds. The van der Waals surface area contributed by atoms with E-state index in [1.165, 1.54) is 6.20 Å². The van der Waals surface area contributed by atoms with Gasteiger partial charge in [0, 0.05) is 10.7 Å². The van der Waals surface area contributed by atoms with Gasteiger partial charge >= 0.3 is 0 Å². The maximum atomic E-state index is 13.6. The van der Waals surface area contributed by atoms with Crippen molar-refractivity contribution in [2.24, 2.45) is 0 Å². The van der Waals surface area contributed by atoms with Gasteiger partial charge in [-0.05, 0) is 40.5 Å². The molecule has 0 fully saturated rings. The lowest BCUT2D eigenvalue weighted by Crippen LogP contribution is -1.91. The number of aryl methyl sites for hydroxylation is 1. The minimum absolute atomic E-state index is 0.208. The number of aromatic nitrogens is 1. The molecule has 0 unspecified atom stereocenters. The number of pyridine rings is 1. The van der Waals surface area contributed by atoms with Crippen LogP contribution < -0.4 is 4.74 Å². The molecule has 1 aromatic heterocycles. The first-order chi connectivity index (χ1) is 7.66. The fourth-order valence-electron chi connectivity index (χ4n) is 1.27. The molecular formula is C12H9BrFNO. The van der Waals surface area contributed by atoms with E-state index in [1.54, 1.807) is 37.4 Å². The Hall–Kier alpha value is -1.42. The Bertz CT molecular complexity index is 516. The van der Waals surface area contributed by atoms with Gasteiger partial charge in [0.25, 0.3) is 0 Å². The highest BCUT2D eigenvalue weighted by atomic mass is 79.9. The molecule has 0 aliphatic rings. The van der Waals surface area contributed by atoms with Crippen LogP contribution in [-0.2, 0) is 0 Å². The maximum Gasteiger partial charge on any atom is 0.168 e. The molecule has 2 rings (SSSR count). The van der Waals surface area contributed by atoms with Gasteiger partial charge in [-0.15, -0.1) is 0 Å². The molecule has 82 valence electrons. The van der Waals surface area contributed by atoms with Crippen molar-refractivity contribution < 1.29 is 9.13 Å². The first kappa shape index (κ1) is 11.1. The molecule has 0 saturated heterocycles. The standard InChI is InChI=1S/C12H9BrFNO/c1-8-3-2-4-11(12(8)14)16-10-5-9(13)6-15-7-10/h2-7H,1H3. The van der Waals surface area contributed by atoms with Crippen molar-refractivity contribution in [2.45, 2.75) is 6.92 Å². The van der Waals surface area contributed by atoms with Gasteiger partial charge in [0.15, 0.2) is 11.6 Å². The van der Waals surface area contributed by atoms with Gasteiger partial charge in [-0.25, -0.2) is 4.39 Å². The van der Waals surface area contributed by atoms with E-state index in [1.807, 2.05) is 0 Å². The summed E-state index contributed by atoms with van der Waals surface area (Å²) in [6.45, 7) is 1.70. The van der Waals surface area contributed by atoms with Crippen molar-refractivity contribution in [3.8, 4) is 11.5 Å². The summed E-state index contributed by atoms with van der Waals surface area (Å²) in [6, 6.07) is 6.76. The summed E-state index contributed by atoms with van der Waals surface area (Å²) in [5.41, 5.74) is 0.556. The van der Waals surface area contributed by atoms with E-state index in [9.17, 15) is 4.39 Å². The molecule has 0 saturated carbocycles. The summed E-state index contributed by atoms with van der Waals surface area (Å²) in [7, 11) is 0. The number of rotatable bonds is 2. The number of hydrogen-bond acceptors (Lipinski definition) is 2. The smallest absolute Gasteiger partial charge is 0.168 e. The zero-order chi connectivity index (χ0) is 11.5.